The fourth-order valence-electron chi connectivity index (χ4n) is 3.06. The first-order chi connectivity index (χ1) is 12.2. The minimum atomic E-state index is -3.87. The molecule has 1 N–H and O–H groups in total. The van der Waals surface area contributed by atoms with Crippen molar-refractivity contribution in [3.05, 3.63) is 41.5 Å². The highest BCUT2D eigenvalue weighted by molar-refractivity contribution is 7.92. The van der Waals surface area contributed by atoms with E-state index in [9.17, 15) is 22.0 Å². The molecule has 0 aromatic heterocycles. The largest absolute Gasteiger partial charge is 0.354 e. The maximum atomic E-state index is 13.5. The monoisotopic (exact) mass is 386 g/mol. The summed E-state index contributed by atoms with van der Waals surface area (Å²) in [6, 6.07) is 1.65. The highest BCUT2D eigenvalue weighted by Crippen LogP contribution is 2.23. The molecule has 1 atom stereocenters. The second-order valence-electron chi connectivity index (χ2n) is 6.48. The number of allylic oxidation sites excluding steroid dienone is 1. The number of carbonyl (C=O) groups is 1. The number of rotatable bonds is 7. The predicted octanol–water partition coefficient (Wildman–Crippen LogP) is 3.13. The van der Waals surface area contributed by atoms with Crippen LogP contribution in [0.15, 0.2) is 29.8 Å². The predicted molar refractivity (Wildman–Crippen MR) is 97.3 cm³/mol. The molecule has 0 aliphatic heterocycles. The molecule has 0 saturated heterocycles. The molecular weight excluding hydrogens is 362 g/mol. The molecule has 1 aliphatic carbocycles. The lowest BCUT2D eigenvalue weighted by atomic mass is 9.97. The van der Waals surface area contributed by atoms with Crippen molar-refractivity contribution >= 4 is 21.6 Å². The van der Waals surface area contributed by atoms with Crippen molar-refractivity contribution in [1.82, 2.24) is 5.32 Å². The van der Waals surface area contributed by atoms with Crippen LogP contribution in [0.2, 0.25) is 0 Å². The van der Waals surface area contributed by atoms with Crippen LogP contribution in [0.1, 0.15) is 39.0 Å². The second-order valence-corrected chi connectivity index (χ2v) is 8.34. The first-order valence-corrected chi connectivity index (χ1v) is 10.4. The van der Waals surface area contributed by atoms with E-state index in [0.29, 0.717) is 6.54 Å². The van der Waals surface area contributed by atoms with Gasteiger partial charge in [-0.25, -0.2) is 17.2 Å². The summed E-state index contributed by atoms with van der Waals surface area (Å²) in [7, 11) is -3.87. The Hall–Kier alpha value is -1.96. The van der Waals surface area contributed by atoms with E-state index in [-0.39, 0.29) is 5.69 Å². The van der Waals surface area contributed by atoms with Gasteiger partial charge in [-0.2, -0.15) is 0 Å². The zero-order valence-electron chi connectivity index (χ0n) is 15.0. The van der Waals surface area contributed by atoms with Crippen molar-refractivity contribution in [1.29, 1.82) is 0 Å². The third-order valence-electron chi connectivity index (χ3n) is 4.38. The second kappa shape index (κ2) is 8.62. The number of nitrogens with one attached hydrogen (secondary N) is 1. The van der Waals surface area contributed by atoms with E-state index in [2.05, 4.69) is 11.4 Å². The zero-order valence-corrected chi connectivity index (χ0v) is 15.8. The SMILES string of the molecule is CC(C(=O)NCCC1=CCCCC1)N(c1ccc(F)c(F)c1)S(C)(=O)=O. The fraction of sp³-hybridized carbons (Fsp3) is 0.500. The summed E-state index contributed by atoms with van der Waals surface area (Å²) < 4.78 is 51.7. The summed E-state index contributed by atoms with van der Waals surface area (Å²) >= 11 is 0. The van der Waals surface area contributed by atoms with Crippen LogP contribution in [-0.4, -0.2) is 33.2 Å². The molecule has 1 unspecified atom stereocenters. The Morgan fingerprint density at radius 3 is 2.58 bits per heavy atom. The molecular formula is C18H24F2N2O3S. The Balaban J connectivity index is 2.08. The van der Waals surface area contributed by atoms with Gasteiger partial charge in [-0.15, -0.1) is 0 Å². The lowest BCUT2D eigenvalue weighted by Gasteiger charge is -2.28. The number of halogens is 2. The minimum absolute atomic E-state index is 0.0935. The molecule has 0 spiro atoms. The molecule has 0 fully saturated rings. The van der Waals surface area contributed by atoms with Crippen LogP contribution in [0.4, 0.5) is 14.5 Å². The molecule has 1 aliphatic rings. The highest BCUT2D eigenvalue weighted by Gasteiger charge is 2.29. The summed E-state index contributed by atoms with van der Waals surface area (Å²) in [6.07, 6.45) is 8.24. The van der Waals surface area contributed by atoms with Crippen molar-refractivity contribution in [3.63, 3.8) is 0 Å². The van der Waals surface area contributed by atoms with Gasteiger partial charge in [-0.05, 0) is 51.2 Å². The summed E-state index contributed by atoms with van der Waals surface area (Å²) in [5, 5.41) is 2.72. The Labute approximate surface area is 153 Å². The van der Waals surface area contributed by atoms with Crippen LogP contribution in [0.5, 0.6) is 0 Å². The number of sulfonamides is 1. The molecule has 5 nitrogen and oxygen atoms in total. The lowest BCUT2D eigenvalue weighted by Crippen LogP contribution is -2.48. The molecule has 0 heterocycles. The molecule has 0 radical (unpaired) electrons. The third-order valence-corrected chi connectivity index (χ3v) is 5.62. The molecule has 0 bridgehead atoms. The van der Waals surface area contributed by atoms with Crippen LogP contribution >= 0.6 is 0 Å². The van der Waals surface area contributed by atoms with Crippen LogP contribution in [0.3, 0.4) is 0 Å². The van der Waals surface area contributed by atoms with Gasteiger partial charge >= 0.3 is 0 Å². The first kappa shape index (κ1) is 20.4. The maximum absolute atomic E-state index is 13.5. The van der Waals surface area contributed by atoms with Crippen LogP contribution in [0, 0.1) is 11.6 Å². The van der Waals surface area contributed by atoms with Gasteiger partial charge in [-0.1, -0.05) is 11.6 Å². The average Bonchev–Trinajstić information content (AvgIpc) is 2.58. The summed E-state index contributed by atoms with van der Waals surface area (Å²) in [5.41, 5.74) is 1.20. The van der Waals surface area contributed by atoms with Gasteiger partial charge in [0.15, 0.2) is 11.6 Å². The standard InChI is InChI=1S/C18H24F2N2O3S/c1-13(18(23)21-11-10-14-6-4-3-5-7-14)22(26(2,24)25)15-8-9-16(19)17(20)12-15/h6,8-9,12-13H,3-5,7,10-11H2,1-2H3,(H,21,23). The summed E-state index contributed by atoms with van der Waals surface area (Å²) in [5.74, 6) is -2.75. The van der Waals surface area contributed by atoms with E-state index >= 15 is 0 Å². The van der Waals surface area contributed by atoms with E-state index in [0.717, 1.165) is 54.4 Å². The Bertz CT molecular complexity index is 794. The Morgan fingerprint density at radius 2 is 2.00 bits per heavy atom. The maximum Gasteiger partial charge on any atom is 0.243 e. The van der Waals surface area contributed by atoms with Crippen molar-refractivity contribution < 1.29 is 22.0 Å². The fourth-order valence-corrected chi connectivity index (χ4v) is 4.22. The van der Waals surface area contributed by atoms with Gasteiger partial charge in [0, 0.05) is 12.6 Å². The van der Waals surface area contributed by atoms with E-state index in [4.69, 9.17) is 0 Å². The molecule has 8 heteroatoms. The van der Waals surface area contributed by atoms with E-state index < -0.39 is 33.6 Å². The summed E-state index contributed by atoms with van der Waals surface area (Å²) in [6.45, 7) is 1.82. The number of amides is 1. The van der Waals surface area contributed by atoms with E-state index in [1.807, 2.05) is 0 Å². The third kappa shape index (κ3) is 5.27. The normalized spacial score (nSPS) is 15.9. The number of carbonyl (C=O) groups excluding carboxylic acids is 1. The zero-order chi connectivity index (χ0) is 19.3. The molecule has 2 rings (SSSR count). The Kier molecular flexibility index (Phi) is 6.75. The molecule has 26 heavy (non-hydrogen) atoms. The van der Waals surface area contributed by atoms with Crippen molar-refractivity contribution in [2.45, 2.75) is 45.1 Å². The average molecular weight is 386 g/mol. The van der Waals surface area contributed by atoms with Crippen molar-refractivity contribution in [2.75, 3.05) is 17.1 Å². The number of benzene rings is 1. The number of nitrogens with zero attached hydrogens (tertiary/aromatic N) is 1. The molecule has 0 saturated carbocycles. The van der Waals surface area contributed by atoms with Crippen molar-refractivity contribution in [3.8, 4) is 0 Å². The van der Waals surface area contributed by atoms with Gasteiger partial charge in [0.1, 0.15) is 6.04 Å². The topological polar surface area (TPSA) is 66.5 Å². The molecule has 1 aromatic carbocycles. The van der Waals surface area contributed by atoms with Crippen LogP contribution < -0.4 is 9.62 Å². The van der Waals surface area contributed by atoms with Crippen LogP contribution in [0.25, 0.3) is 0 Å². The first-order valence-electron chi connectivity index (χ1n) is 8.60. The minimum Gasteiger partial charge on any atom is -0.354 e. The number of hydrogen-bond donors (Lipinski definition) is 1. The van der Waals surface area contributed by atoms with Gasteiger partial charge in [0.2, 0.25) is 15.9 Å². The highest BCUT2D eigenvalue weighted by atomic mass is 32.2. The van der Waals surface area contributed by atoms with Gasteiger partial charge in [-0.3, -0.25) is 9.10 Å². The molecule has 1 aromatic rings. The smallest absolute Gasteiger partial charge is 0.243 e. The van der Waals surface area contributed by atoms with Crippen molar-refractivity contribution in [2.24, 2.45) is 0 Å². The molecule has 144 valence electrons. The Morgan fingerprint density at radius 1 is 1.27 bits per heavy atom. The van der Waals surface area contributed by atoms with Gasteiger partial charge < -0.3 is 5.32 Å². The van der Waals surface area contributed by atoms with E-state index in [1.165, 1.54) is 18.9 Å². The quantitative estimate of drug-likeness (QED) is 0.732. The lowest BCUT2D eigenvalue weighted by molar-refractivity contribution is -0.121. The van der Waals surface area contributed by atoms with Crippen LogP contribution in [-0.2, 0) is 14.8 Å². The number of hydrogen-bond acceptors (Lipinski definition) is 3. The van der Waals surface area contributed by atoms with Gasteiger partial charge in [0.05, 0.1) is 11.9 Å². The molecule has 1 amide bonds. The van der Waals surface area contributed by atoms with E-state index in [1.54, 1.807) is 0 Å². The number of anilines is 1. The summed E-state index contributed by atoms with van der Waals surface area (Å²) in [4.78, 5) is 12.4. The van der Waals surface area contributed by atoms with Gasteiger partial charge in [0.25, 0.3) is 0 Å².